The number of fused-ring (bicyclic) bond motifs is 3. The third kappa shape index (κ3) is 2.15. The monoisotopic (exact) mass is 302 g/mol. The molecular weight excluding hydrogens is 272 g/mol. The van der Waals surface area contributed by atoms with Crippen LogP contribution >= 0.6 is 0 Å². The number of hydrogen-bond donors (Lipinski definition) is 2. The van der Waals surface area contributed by atoms with E-state index >= 15 is 0 Å². The van der Waals surface area contributed by atoms with Gasteiger partial charge in [-0.3, -0.25) is 0 Å². The maximum Gasteiger partial charge on any atom is 0.0619 e. The third-order valence-electron chi connectivity index (χ3n) is 6.72. The van der Waals surface area contributed by atoms with Crippen molar-refractivity contribution in [3.05, 3.63) is 34.9 Å². The van der Waals surface area contributed by atoms with E-state index in [-0.39, 0.29) is 23.5 Å². The van der Waals surface area contributed by atoms with Crippen molar-refractivity contribution in [2.75, 3.05) is 6.61 Å². The van der Waals surface area contributed by atoms with Gasteiger partial charge in [0.1, 0.15) is 0 Å². The van der Waals surface area contributed by atoms with E-state index in [1.165, 1.54) is 16.7 Å². The lowest BCUT2D eigenvalue weighted by Gasteiger charge is -2.56. The fourth-order valence-electron chi connectivity index (χ4n) is 5.12. The largest absolute Gasteiger partial charge is 0.396 e. The van der Waals surface area contributed by atoms with Gasteiger partial charge < -0.3 is 10.2 Å². The molecule has 2 nitrogen and oxygen atoms in total. The maximum atomic E-state index is 10.5. The highest BCUT2D eigenvalue weighted by Gasteiger charge is 2.55. The van der Waals surface area contributed by atoms with Crippen molar-refractivity contribution >= 4 is 0 Å². The number of hydrogen-bond acceptors (Lipinski definition) is 2. The van der Waals surface area contributed by atoms with Crippen LogP contribution in [0.3, 0.4) is 0 Å². The van der Waals surface area contributed by atoms with Crippen molar-refractivity contribution < 1.29 is 10.2 Å². The predicted molar refractivity (Wildman–Crippen MR) is 90.1 cm³/mol. The molecule has 0 radical (unpaired) electrons. The Morgan fingerprint density at radius 3 is 2.59 bits per heavy atom. The minimum Gasteiger partial charge on any atom is -0.396 e. The zero-order valence-corrected chi connectivity index (χ0v) is 14.4. The Labute approximate surface area is 134 Å². The Balaban J connectivity index is 2.06. The molecule has 122 valence electrons. The van der Waals surface area contributed by atoms with Crippen LogP contribution in [0.1, 0.15) is 69.6 Å². The molecule has 0 aromatic heterocycles. The van der Waals surface area contributed by atoms with Crippen molar-refractivity contribution in [1.82, 2.24) is 0 Å². The number of aryl methyl sites for hydroxylation is 1. The lowest BCUT2D eigenvalue weighted by atomic mass is 9.49. The Morgan fingerprint density at radius 1 is 1.23 bits per heavy atom. The second-order valence-corrected chi connectivity index (χ2v) is 8.30. The SMILES string of the molecule is CC(C)c1ccc2c(c1)CC[C@H]1[C@@](C)(CO)[C@@H](O)CC[C@]21C. The molecule has 2 aliphatic rings. The minimum atomic E-state index is -0.382. The summed E-state index contributed by atoms with van der Waals surface area (Å²) in [5, 5.41) is 20.5. The average molecular weight is 302 g/mol. The van der Waals surface area contributed by atoms with Gasteiger partial charge in [0.05, 0.1) is 12.7 Å². The van der Waals surface area contributed by atoms with Gasteiger partial charge in [-0.2, -0.15) is 0 Å². The van der Waals surface area contributed by atoms with Gasteiger partial charge in [0.25, 0.3) is 0 Å². The van der Waals surface area contributed by atoms with Crippen LogP contribution in [0.2, 0.25) is 0 Å². The molecular formula is C20H30O2. The van der Waals surface area contributed by atoms with Crippen LogP contribution in [0.25, 0.3) is 0 Å². The van der Waals surface area contributed by atoms with E-state index in [2.05, 4.69) is 45.9 Å². The first-order valence-electron chi connectivity index (χ1n) is 8.75. The Kier molecular flexibility index (Phi) is 3.89. The van der Waals surface area contributed by atoms with Crippen LogP contribution in [0.15, 0.2) is 18.2 Å². The van der Waals surface area contributed by atoms with Gasteiger partial charge in [0.2, 0.25) is 0 Å². The van der Waals surface area contributed by atoms with Crippen LogP contribution in [-0.4, -0.2) is 22.9 Å². The highest BCUT2D eigenvalue weighted by molar-refractivity contribution is 5.42. The normalized spacial score (nSPS) is 37.8. The third-order valence-corrected chi connectivity index (χ3v) is 6.72. The van der Waals surface area contributed by atoms with Gasteiger partial charge in [-0.05, 0) is 59.6 Å². The summed E-state index contributed by atoms with van der Waals surface area (Å²) in [6, 6.07) is 6.99. The fraction of sp³-hybridized carbons (Fsp3) is 0.700. The summed E-state index contributed by atoms with van der Waals surface area (Å²) in [5.41, 5.74) is 4.07. The first-order chi connectivity index (χ1) is 10.3. The molecule has 0 heterocycles. The summed E-state index contributed by atoms with van der Waals surface area (Å²) >= 11 is 0. The topological polar surface area (TPSA) is 40.5 Å². The Morgan fingerprint density at radius 2 is 1.95 bits per heavy atom. The molecule has 1 aromatic carbocycles. The quantitative estimate of drug-likeness (QED) is 0.873. The number of aliphatic hydroxyl groups excluding tert-OH is 2. The number of benzene rings is 1. The zero-order valence-electron chi connectivity index (χ0n) is 14.4. The number of rotatable bonds is 2. The van der Waals surface area contributed by atoms with Crippen LogP contribution in [0.5, 0.6) is 0 Å². The first kappa shape index (κ1) is 16.0. The van der Waals surface area contributed by atoms with Crippen LogP contribution in [-0.2, 0) is 11.8 Å². The smallest absolute Gasteiger partial charge is 0.0619 e. The summed E-state index contributed by atoms with van der Waals surface area (Å²) in [7, 11) is 0. The second kappa shape index (κ2) is 5.35. The van der Waals surface area contributed by atoms with E-state index in [0.717, 1.165) is 25.7 Å². The summed E-state index contributed by atoms with van der Waals surface area (Å²) in [5.74, 6) is 0.915. The predicted octanol–water partition coefficient (Wildman–Crippen LogP) is 3.78. The van der Waals surface area contributed by atoms with E-state index in [4.69, 9.17) is 0 Å². The molecule has 3 rings (SSSR count). The molecule has 0 aliphatic heterocycles. The number of aliphatic hydroxyl groups is 2. The fourth-order valence-corrected chi connectivity index (χ4v) is 5.12. The van der Waals surface area contributed by atoms with Crippen LogP contribution in [0, 0.1) is 11.3 Å². The van der Waals surface area contributed by atoms with Crippen molar-refractivity contribution in [3.63, 3.8) is 0 Å². The van der Waals surface area contributed by atoms with Crippen molar-refractivity contribution in [3.8, 4) is 0 Å². The summed E-state index contributed by atoms with van der Waals surface area (Å²) in [6.07, 6.45) is 3.56. The van der Waals surface area contributed by atoms with Crippen molar-refractivity contribution in [2.24, 2.45) is 11.3 Å². The van der Waals surface area contributed by atoms with Gasteiger partial charge >= 0.3 is 0 Å². The molecule has 1 saturated carbocycles. The molecule has 0 unspecified atom stereocenters. The molecule has 2 aliphatic carbocycles. The Bertz CT molecular complexity index is 565. The van der Waals surface area contributed by atoms with Crippen LogP contribution in [0.4, 0.5) is 0 Å². The molecule has 0 amide bonds. The van der Waals surface area contributed by atoms with E-state index in [1.54, 1.807) is 0 Å². The highest BCUT2D eigenvalue weighted by atomic mass is 16.3. The standard InChI is InChI=1S/C20H30O2/c1-13(2)14-5-7-16-15(11-14)6-8-17-19(16,3)10-9-18(22)20(17,4)12-21/h5,7,11,13,17-18,21-22H,6,8-10,12H2,1-4H3/t17-,18+,19-,20-/m1/s1. The molecule has 0 spiro atoms. The van der Waals surface area contributed by atoms with Crippen LogP contribution < -0.4 is 0 Å². The van der Waals surface area contributed by atoms with Gasteiger partial charge in [-0.1, -0.05) is 45.9 Å². The molecule has 2 heteroatoms. The lowest BCUT2D eigenvalue weighted by Crippen LogP contribution is -2.56. The maximum absolute atomic E-state index is 10.5. The average Bonchev–Trinajstić information content (AvgIpc) is 2.51. The minimum absolute atomic E-state index is 0.0772. The van der Waals surface area contributed by atoms with E-state index in [9.17, 15) is 10.2 Å². The van der Waals surface area contributed by atoms with E-state index in [1.807, 2.05) is 0 Å². The van der Waals surface area contributed by atoms with Gasteiger partial charge in [0.15, 0.2) is 0 Å². The molecule has 22 heavy (non-hydrogen) atoms. The molecule has 1 aromatic rings. The Hall–Kier alpha value is -0.860. The summed E-state index contributed by atoms with van der Waals surface area (Å²) in [4.78, 5) is 0. The molecule has 1 fully saturated rings. The van der Waals surface area contributed by atoms with Crippen molar-refractivity contribution in [1.29, 1.82) is 0 Å². The summed E-state index contributed by atoms with van der Waals surface area (Å²) < 4.78 is 0. The zero-order chi connectivity index (χ0) is 16.1. The van der Waals surface area contributed by atoms with Crippen molar-refractivity contribution in [2.45, 2.75) is 70.8 Å². The molecule has 0 bridgehead atoms. The molecule has 2 N–H and O–H groups in total. The van der Waals surface area contributed by atoms with E-state index < -0.39 is 0 Å². The second-order valence-electron chi connectivity index (χ2n) is 8.30. The summed E-state index contributed by atoms with van der Waals surface area (Å²) in [6.45, 7) is 9.00. The highest BCUT2D eigenvalue weighted by Crippen LogP contribution is 2.57. The lowest BCUT2D eigenvalue weighted by molar-refractivity contribution is -0.110. The molecule has 4 atom stereocenters. The molecule has 0 saturated heterocycles. The first-order valence-corrected chi connectivity index (χ1v) is 8.75. The van der Waals surface area contributed by atoms with Gasteiger partial charge in [-0.15, -0.1) is 0 Å². The van der Waals surface area contributed by atoms with Gasteiger partial charge in [0, 0.05) is 5.41 Å². The van der Waals surface area contributed by atoms with Gasteiger partial charge in [-0.25, -0.2) is 0 Å². The van der Waals surface area contributed by atoms with E-state index in [0.29, 0.717) is 11.8 Å².